The van der Waals surface area contributed by atoms with Gasteiger partial charge in [-0.3, -0.25) is 0 Å². The summed E-state index contributed by atoms with van der Waals surface area (Å²) in [4.78, 5) is 16.7. The number of benzene rings is 2. The lowest BCUT2D eigenvalue weighted by molar-refractivity contribution is 0.194. The quantitative estimate of drug-likeness (QED) is 0.881. The van der Waals surface area contributed by atoms with Gasteiger partial charge in [0.2, 0.25) is 0 Å². The molecule has 0 spiro atoms. The smallest absolute Gasteiger partial charge is 0.317 e. The molecule has 5 nitrogen and oxygen atoms in total. The molecular formula is C22H29N3O2. The molecule has 0 radical (unpaired) electrons. The molecular weight excluding hydrogens is 338 g/mol. The van der Waals surface area contributed by atoms with Gasteiger partial charge in [-0.2, -0.15) is 0 Å². The molecule has 1 N–H and O–H groups in total. The number of carbonyl (C=O) groups is 1. The number of piperazine rings is 1. The second-order valence-electron chi connectivity index (χ2n) is 7.15. The molecule has 2 amide bonds. The van der Waals surface area contributed by atoms with Gasteiger partial charge in [-0.1, -0.05) is 18.2 Å². The Morgan fingerprint density at radius 2 is 1.63 bits per heavy atom. The lowest BCUT2D eigenvalue weighted by Crippen LogP contribution is -2.52. The summed E-state index contributed by atoms with van der Waals surface area (Å²) in [5, 5.41) is 3.04. The van der Waals surface area contributed by atoms with E-state index in [-0.39, 0.29) is 6.03 Å². The van der Waals surface area contributed by atoms with Crippen LogP contribution in [0.4, 0.5) is 10.5 Å². The van der Waals surface area contributed by atoms with E-state index < -0.39 is 0 Å². The summed E-state index contributed by atoms with van der Waals surface area (Å²) in [6.07, 6.45) is 0.818. The molecule has 144 valence electrons. The zero-order chi connectivity index (χ0) is 19.2. The zero-order valence-electron chi connectivity index (χ0n) is 16.5. The van der Waals surface area contributed by atoms with E-state index >= 15 is 0 Å². The summed E-state index contributed by atoms with van der Waals surface area (Å²) in [5.74, 6) is 0.851. The molecule has 1 fully saturated rings. The van der Waals surface area contributed by atoms with E-state index in [1.807, 2.05) is 29.2 Å². The minimum atomic E-state index is 0.0311. The number of aryl methyl sites for hydroxylation is 2. The second-order valence-corrected chi connectivity index (χ2v) is 7.15. The van der Waals surface area contributed by atoms with Gasteiger partial charge >= 0.3 is 6.03 Å². The molecule has 0 saturated carbocycles. The Bertz CT molecular complexity index is 745. The van der Waals surface area contributed by atoms with Crippen molar-refractivity contribution in [2.75, 3.05) is 44.7 Å². The largest absolute Gasteiger partial charge is 0.497 e. The summed E-state index contributed by atoms with van der Waals surface area (Å²) in [6.45, 7) is 8.14. The van der Waals surface area contributed by atoms with E-state index in [0.717, 1.165) is 38.3 Å². The molecule has 2 aromatic carbocycles. The van der Waals surface area contributed by atoms with Crippen LogP contribution in [0.3, 0.4) is 0 Å². The summed E-state index contributed by atoms with van der Waals surface area (Å²) < 4.78 is 5.16. The molecule has 1 aliphatic heterocycles. The lowest BCUT2D eigenvalue weighted by atomic mass is 10.1. The third kappa shape index (κ3) is 5.16. The minimum absolute atomic E-state index is 0.0311. The second kappa shape index (κ2) is 8.80. The number of amides is 2. The van der Waals surface area contributed by atoms with Gasteiger partial charge in [-0.25, -0.2) is 4.79 Å². The normalized spacial score (nSPS) is 14.2. The maximum Gasteiger partial charge on any atom is 0.317 e. The average molecular weight is 367 g/mol. The van der Waals surface area contributed by atoms with Crippen molar-refractivity contribution in [3.8, 4) is 5.75 Å². The van der Waals surface area contributed by atoms with Crippen molar-refractivity contribution in [2.45, 2.75) is 20.3 Å². The van der Waals surface area contributed by atoms with Gasteiger partial charge in [-0.05, 0) is 61.2 Å². The maximum atomic E-state index is 12.4. The van der Waals surface area contributed by atoms with Crippen LogP contribution in [-0.2, 0) is 6.42 Å². The van der Waals surface area contributed by atoms with Crippen LogP contribution in [0.5, 0.6) is 5.75 Å². The Morgan fingerprint density at radius 3 is 2.22 bits per heavy atom. The summed E-state index contributed by atoms with van der Waals surface area (Å²) in [7, 11) is 1.66. The number of urea groups is 1. The fourth-order valence-electron chi connectivity index (χ4n) is 3.52. The third-order valence-electron chi connectivity index (χ3n) is 4.99. The first-order chi connectivity index (χ1) is 13.0. The highest BCUT2D eigenvalue weighted by molar-refractivity contribution is 5.74. The predicted molar refractivity (Wildman–Crippen MR) is 110 cm³/mol. The van der Waals surface area contributed by atoms with Crippen LogP contribution in [-0.4, -0.2) is 50.8 Å². The molecule has 27 heavy (non-hydrogen) atoms. The van der Waals surface area contributed by atoms with Gasteiger partial charge in [-0.15, -0.1) is 0 Å². The zero-order valence-corrected chi connectivity index (χ0v) is 16.5. The van der Waals surface area contributed by atoms with Crippen molar-refractivity contribution in [3.05, 3.63) is 59.2 Å². The van der Waals surface area contributed by atoms with Gasteiger partial charge in [0, 0.05) is 38.4 Å². The number of carbonyl (C=O) groups excluding carboxylic acids is 1. The number of hydrogen-bond acceptors (Lipinski definition) is 3. The van der Waals surface area contributed by atoms with E-state index in [4.69, 9.17) is 4.74 Å². The van der Waals surface area contributed by atoms with E-state index in [9.17, 15) is 4.79 Å². The summed E-state index contributed by atoms with van der Waals surface area (Å²) >= 11 is 0. The first kappa shape index (κ1) is 19.1. The summed E-state index contributed by atoms with van der Waals surface area (Å²) in [5.41, 5.74) is 5.01. The molecule has 5 heteroatoms. The highest BCUT2D eigenvalue weighted by Gasteiger charge is 2.21. The number of methoxy groups -OCH3 is 1. The van der Waals surface area contributed by atoms with Crippen molar-refractivity contribution < 1.29 is 9.53 Å². The highest BCUT2D eigenvalue weighted by atomic mass is 16.5. The van der Waals surface area contributed by atoms with Gasteiger partial charge in [0.05, 0.1) is 7.11 Å². The van der Waals surface area contributed by atoms with Crippen LogP contribution < -0.4 is 15.0 Å². The molecule has 0 bridgehead atoms. The van der Waals surface area contributed by atoms with Gasteiger partial charge in [0.25, 0.3) is 0 Å². The number of nitrogens with zero attached hydrogens (tertiary/aromatic N) is 2. The lowest BCUT2D eigenvalue weighted by Gasteiger charge is -2.36. The first-order valence-electron chi connectivity index (χ1n) is 9.54. The highest BCUT2D eigenvalue weighted by Crippen LogP contribution is 2.20. The molecule has 2 aromatic rings. The van der Waals surface area contributed by atoms with Gasteiger partial charge in [0.15, 0.2) is 0 Å². The molecule has 1 heterocycles. The number of ether oxygens (including phenoxy) is 1. The number of anilines is 1. The van der Waals surface area contributed by atoms with Crippen molar-refractivity contribution in [1.29, 1.82) is 0 Å². The van der Waals surface area contributed by atoms with Crippen LogP contribution in [0.15, 0.2) is 42.5 Å². The third-order valence-corrected chi connectivity index (χ3v) is 4.99. The van der Waals surface area contributed by atoms with Crippen LogP contribution in [0, 0.1) is 13.8 Å². The van der Waals surface area contributed by atoms with Gasteiger partial charge in [0.1, 0.15) is 5.75 Å². The van der Waals surface area contributed by atoms with Crippen molar-refractivity contribution in [2.24, 2.45) is 0 Å². The minimum Gasteiger partial charge on any atom is -0.497 e. The van der Waals surface area contributed by atoms with E-state index in [0.29, 0.717) is 6.54 Å². The van der Waals surface area contributed by atoms with Crippen molar-refractivity contribution in [1.82, 2.24) is 10.2 Å². The van der Waals surface area contributed by atoms with E-state index in [2.05, 4.69) is 42.3 Å². The molecule has 3 rings (SSSR count). The molecule has 0 unspecified atom stereocenters. The monoisotopic (exact) mass is 367 g/mol. The van der Waals surface area contributed by atoms with Crippen LogP contribution in [0.1, 0.15) is 16.7 Å². The number of nitrogens with one attached hydrogen (secondary N) is 1. The van der Waals surface area contributed by atoms with E-state index in [1.54, 1.807) is 7.11 Å². The predicted octanol–water partition coefficient (Wildman–Crippen LogP) is 3.39. The summed E-state index contributed by atoms with van der Waals surface area (Å²) in [6, 6.07) is 14.6. The Balaban J connectivity index is 1.44. The molecule has 1 saturated heterocycles. The molecule has 0 atom stereocenters. The Labute approximate surface area is 161 Å². The fraction of sp³-hybridized carbons (Fsp3) is 0.409. The Kier molecular flexibility index (Phi) is 6.22. The standard InChI is InChI=1S/C22H29N3O2/c1-17-14-18(2)16-20(15-17)24-10-12-25(13-11-24)22(26)23-9-8-19-4-6-21(27-3)7-5-19/h4-7,14-16H,8-13H2,1-3H3,(H,23,26). The Hall–Kier alpha value is -2.69. The number of hydrogen-bond donors (Lipinski definition) is 1. The van der Waals surface area contributed by atoms with Crippen molar-refractivity contribution >= 4 is 11.7 Å². The van der Waals surface area contributed by atoms with Crippen LogP contribution in [0.25, 0.3) is 0 Å². The Morgan fingerprint density at radius 1 is 1.00 bits per heavy atom. The SMILES string of the molecule is COc1ccc(CCNC(=O)N2CCN(c3cc(C)cc(C)c3)CC2)cc1. The molecule has 1 aliphatic rings. The van der Waals surface area contributed by atoms with Crippen LogP contribution in [0.2, 0.25) is 0 Å². The molecule has 0 aliphatic carbocycles. The molecule has 0 aromatic heterocycles. The maximum absolute atomic E-state index is 12.4. The van der Waals surface area contributed by atoms with Crippen LogP contribution >= 0.6 is 0 Å². The van der Waals surface area contributed by atoms with Gasteiger partial charge < -0.3 is 19.9 Å². The van der Waals surface area contributed by atoms with Crippen molar-refractivity contribution in [3.63, 3.8) is 0 Å². The topological polar surface area (TPSA) is 44.8 Å². The first-order valence-corrected chi connectivity index (χ1v) is 9.54. The number of rotatable bonds is 5. The average Bonchev–Trinajstić information content (AvgIpc) is 2.68. The fourth-order valence-corrected chi connectivity index (χ4v) is 3.52. The van der Waals surface area contributed by atoms with E-state index in [1.165, 1.54) is 22.4 Å².